The number of ketones is 1. The fraction of sp³-hybridized carbons (Fsp3) is 0.364. The second-order valence-corrected chi connectivity index (χ2v) is 6.80. The molecule has 6 nitrogen and oxygen atoms in total. The summed E-state index contributed by atoms with van der Waals surface area (Å²) >= 11 is 0. The van der Waals surface area contributed by atoms with Crippen molar-refractivity contribution in [2.75, 3.05) is 36.8 Å². The molecule has 2 unspecified atom stereocenters. The summed E-state index contributed by atoms with van der Waals surface area (Å²) in [6.45, 7) is 2.79. The van der Waals surface area contributed by atoms with Crippen LogP contribution in [0.2, 0.25) is 0 Å². The smallest absolute Gasteiger partial charge is 0.199 e. The number of para-hydroxylation sites is 2. The van der Waals surface area contributed by atoms with Gasteiger partial charge in [-0.1, -0.05) is 36.4 Å². The molecule has 0 aliphatic heterocycles. The number of rotatable bonds is 11. The Kier molecular flexibility index (Phi) is 7.58. The normalized spacial score (nSPS) is 20.0. The van der Waals surface area contributed by atoms with Gasteiger partial charge in [-0.3, -0.25) is 9.79 Å². The number of hydrogen-bond donors (Lipinski definition) is 4. The van der Waals surface area contributed by atoms with Crippen molar-refractivity contribution in [3.05, 3.63) is 60.7 Å². The number of nitrogens with zero attached hydrogens (tertiary/aromatic N) is 1. The van der Waals surface area contributed by atoms with E-state index >= 15 is 0 Å². The Morgan fingerprint density at radius 3 is 1.96 bits per heavy atom. The molecule has 0 spiro atoms. The Hall–Kier alpha value is -2.70. The number of benzene rings is 2. The van der Waals surface area contributed by atoms with Gasteiger partial charge in [0.25, 0.3) is 0 Å². The molecule has 0 aromatic heterocycles. The lowest BCUT2D eigenvalue weighted by Crippen LogP contribution is -2.64. The second kappa shape index (κ2) is 10.6. The number of aliphatic hydroxyl groups excluding tert-OH is 1. The van der Waals surface area contributed by atoms with Crippen LogP contribution in [-0.4, -0.2) is 54.9 Å². The molecule has 1 fully saturated rings. The lowest BCUT2D eigenvalue weighted by atomic mass is 9.84. The van der Waals surface area contributed by atoms with Crippen molar-refractivity contribution in [1.82, 2.24) is 5.32 Å². The third-order valence-electron chi connectivity index (χ3n) is 4.67. The van der Waals surface area contributed by atoms with E-state index in [0.29, 0.717) is 18.8 Å². The largest absolute Gasteiger partial charge is 0.385 e. The minimum atomic E-state index is -0.795. The fourth-order valence-electron chi connectivity index (χ4n) is 3.09. The number of carbonyl (C=O) groups excluding carboxylic acids is 1. The summed E-state index contributed by atoms with van der Waals surface area (Å²) in [6, 6.07) is 19.4. The first-order valence-electron chi connectivity index (χ1n) is 9.83. The van der Waals surface area contributed by atoms with E-state index in [2.05, 4.69) is 20.9 Å². The molecule has 1 saturated carbocycles. The molecule has 28 heavy (non-hydrogen) atoms. The topological polar surface area (TPSA) is 85.8 Å². The highest BCUT2D eigenvalue weighted by molar-refractivity contribution is 6.50. The van der Waals surface area contributed by atoms with E-state index in [9.17, 15) is 9.90 Å². The maximum Gasteiger partial charge on any atom is 0.199 e. The van der Waals surface area contributed by atoms with Gasteiger partial charge in [0.05, 0.1) is 0 Å². The van der Waals surface area contributed by atoms with Crippen LogP contribution in [-0.2, 0) is 4.79 Å². The Morgan fingerprint density at radius 1 is 0.821 bits per heavy atom. The zero-order chi connectivity index (χ0) is 19.6. The monoisotopic (exact) mass is 380 g/mol. The van der Waals surface area contributed by atoms with Crippen LogP contribution in [0.25, 0.3) is 0 Å². The minimum Gasteiger partial charge on any atom is -0.385 e. The Bertz CT molecular complexity index is 765. The van der Waals surface area contributed by atoms with Gasteiger partial charge in [0.1, 0.15) is 17.9 Å². The quantitative estimate of drug-likeness (QED) is 0.450. The molecule has 1 aliphatic rings. The van der Waals surface area contributed by atoms with Crippen LogP contribution in [0.3, 0.4) is 0 Å². The molecule has 2 atom stereocenters. The molecule has 0 heterocycles. The van der Waals surface area contributed by atoms with Crippen LogP contribution in [0.1, 0.15) is 12.8 Å². The SMILES string of the molecule is O=C1C(=NCCCNc2ccccc2)C(O)C1NCCCNc1ccccc1. The molecule has 1 aliphatic carbocycles. The van der Waals surface area contributed by atoms with Gasteiger partial charge in [-0.05, 0) is 43.7 Å². The molecular weight excluding hydrogens is 352 g/mol. The molecule has 6 heteroatoms. The van der Waals surface area contributed by atoms with Crippen LogP contribution >= 0.6 is 0 Å². The van der Waals surface area contributed by atoms with E-state index < -0.39 is 12.1 Å². The lowest BCUT2D eigenvalue weighted by molar-refractivity contribution is -0.120. The Morgan fingerprint density at radius 2 is 1.39 bits per heavy atom. The predicted octanol–water partition coefficient (Wildman–Crippen LogP) is 2.33. The molecule has 4 N–H and O–H groups in total. The first kappa shape index (κ1) is 20.0. The van der Waals surface area contributed by atoms with Crippen LogP contribution in [0.5, 0.6) is 0 Å². The molecule has 3 rings (SSSR count). The van der Waals surface area contributed by atoms with Crippen LogP contribution in [0.4, 0.5) is 11.4 Å². The molecule has 0 amide bonds. The third-order valence-corrected chi connectivity index (χ3v) is 4.67. The van der Waals surface area contributed by atoms with Crippen molar-refractivity contribution >= 4 is 22.9 Å². The molecule has 0 saturated heterocycles. The highest BCUT2D eigenvalue weighted by Gasteiger charge is 2.45. The number of carbonyl (C=O) groups is 1. The summed E-state index contributed by atoms with van der Waals surface area (Å²) in [4.78, 5) is 16.4. The number of Topliss-reactive ketones (excluding diaryl/α,β-unsaturated/α-hetero) is 1. The lowest BCUT2D eigenvalue weighted by Gasteiger charge is -2.33. The summed E-state index contributed by atoms with van der Waals surface area (Å²) in [7, 11) is 0. The highest BCUT2D eigenvalue weighted by Crippen LogP contribution is 2.14. The number of hydrogen-bond acceptors (Lipinski definition) is 6. The van der Waals surface area contributed by atoms with Crippen molar-refractivity contribution in [2.24, 2.45) is 4.99 Å². The molecule has 2 aromatic carbocycles. The van der Waals surface area contributed by atoms with E-state index in [1.54, 1.807) is 0 Å². The second-order valence-electron chi connectivity index (χ2n) is 6.80. The fourth-order valence-corrected chi connectivity index (χ4v) is 3.09. The molecular formula is C22H28N4O2. The van der Waals surface area contributed by atoms with Gasteiger partial charge in [-0.15, -0.1) is 0 Å². The zero-order valence-corrected chi connectivity index (χ0v) is 16.0. The highest BCUT2D eigenvalue weighted by atomic mass is 16.3. The van der Waals surface area contributed by atoms with Crippen molar-refractivity contribution in [3.63, 3.8) is 0 Å². The Labute approximate surface area is 166 Å². The van der Waals surface area contributed by atoms with Gasteiger partial charge in [0.15, 0.2) is 5.78 Å². The van der Waals surface area contributed by atoms with Gasteiger partial charge in [-0.2, -0.15) is 0 Å². The van der Waals surface area contributed by atoms with E-state index in [4.69, 9.17) is 0 Å². The first-order valence-corrected chi connectivity index (χ1v) is 9.83. The van der Waals surface area contributed by atoms with Crippen LogP contribution < -0.4 is 16.0 Å². The number of aliphatic hydroxyl groups is 1. The maximum atomic E-state index is 12.2. The average Bonchev–Trinajstić information content (AvgIpc) is 2.74. The van der Waals surface area contributed by atoms with E-state index in [1.807, 2.05) is 60.7 Å². The summed E-state index contributed by atoms with van der Waals surface area (Å²) < 4.78 is 0. The van der Waals surface area contributed by atoms with Crippen LogP contribution in [0, 0.1) is 0 Å². The molecule has 2 aromatic rings. The number of anilines is 2. The summed E-state index contributed by atoms with van der Waals surface area (Å²) in [5.74, 6) is -0.0838. The van der Waals surface area contributed by atoms with Crippen molar-refractivity contribution < 1.29 is 9.90 Å². The summed E-state index contributed by atoms with van der Waals surface area (Å²) in [5, 5.41) is 19.9. The number of nitrogens with one attached hydrogen (secondary N) is 3. The third kappa shape index (κ3) is 5.65. The van der Waals surface area contributed by atoms with Crippen molar-refractivity contribution in [3.8, 4) is 0 Å². The molecule has 0 bridgehead atoms. The van der Waals surface area contributed by atoms with Gasteiger partial charge in [-0.25, -0.2) is 0 Å². The van der Waals surface area contributed by atoms with E-state index in [1.165, 1.54) is 0 Å². The summed E-state index contributed by atoms with van der Waals surface area (Å²) in [5.41, 5.74) is 2.46. The van der Waals surface area contributed by atoms with Crippen molar-refractivity contribution in [1.29, 1.82) is 0 Å². The number of aliphatic imine (C=N–C) groups is 1. The predicted molar refractivity (Wildman–Crippen MR) is 114 cm³/mol. The maximum absolute atomic E-state index is 12.2. The van der Waals surface area contributed by atoms with E-state index in [-0.39, 0.29) is 5.78 Å². The average molecular weight is 380 g/mol. The Balaban J connectivity index is 1.28. The minimum absolute atomic E-state index is 0.0838. The molecule has 148 valence electrons. The van der Waals surface area contributed by atoms with Crippen LogP contribution in [0.15, 0.2) is 65.7 Å². The first-order chi connectivity index (χ1) is 13.8. The van der Waals surface area contributed by atoms with E-state index in [0.717, 1.165) is 37.3 Å². The van der Waals surface area contributed by atoms with Gasteiger partial charge in [0, 0.05) is 31.0 Å². The summed E-state index contributed by atoms with van der Waals surface area (Å²) in [6.07, 6.45) is 0.877. The van der Waals surface area contributed by atoms with Gasteiger partial charge >= 0.3 is 0 Å². The van der Waals surface area contributed by atoms with Gasteiger partial charge < -0.3 is 21.1 Å². The molecule has 0 radical (unpaired) electrons. The standard InChI is InChI=1S/C22H28N4O2/c27-21-19(25-15-7-13-23-17-9-3-1-4-10-17)22(28)20(21)26-16-8-14-24-18-11-5-2-6-12-18/h1-6,9-12,19,21,23-25,27H,7-8,13-16H2. The zero-order valence-electron chi connectivity index (χ0n) is 16.0. The van der Waals surface area contributed by atoms with Crippen molar-refractivity contribution in [2.45, 2.75) is 25.0 Å². The van der Waals surface area contributed by atoms with Gasteiger partial charge in [0.2, 0.25) is 0 Å².